The van der Waals surface area contributed by atoms with E-state index in [9.17, 15) is 13.6 Å². The van der Waals surface area contributed by atoms with Crippen LogP contribution in [0.4, 0.5) is 8.78 Å². The van der Waals surface area contributed by atoms with Gasteiger partial charge in [0.25, 0.3) is 5.91 Å². The second-order valence-corrected chi connectivity index (χ2v) is 7.06. The van der Waals surface area contributed by atoms with E-state index in [1.54, 1.807) is 0 Å². The van der Waals surface area contributed by atoms with Gasteiger partial charge in [-0.05, 0) is 54.5 Å². The molecule has 1 fully saturated rings. The van der Waals surface area contributed by atoms with E-state index in [-0.39, 0.29) is 11.0 Å². The molecule has 2 aromatic rings. The van der Waals surface area contributed by atoms with Crippen LogP contribution in [0.15, 0.2) is 46.9 Å². The lowest BCUT2D eigenvalue weighted by molar-refractivity contribution is 0.0943. The predicted octanol–water partition coefficient (Wildman–Crippen LogP) is 4.48. The summed E-state index contributed by atoms with van der Waals surface area (Å²) in [5.41, 5.74) is 1.30. The van der Waals surface area contributed by atoms with Crippen LogP contribution < -0.4 is 5.32 Å². The minimum atomic E-state index is -0.744. The van der Waals surface area contributed by atoms with E-state index in [1.165, 1.54) is 5.56 Å². The van der Waals surface area contributed by atoms with Crippen LogP contribution in [0.1, 0.15) is 28.8 Å². The molecule has 0 aromatic heterocycles. The highest BCUT2D eigenvalue weighted by molar-refractivity contribution is 9.10. The summed E-state index contributed by atoms with van der Waals surface area (Å²) in [5, 5.41) is 2.81. The lowest BCUT2D eigenvalue weighted by atomic mass is 9.96. The summed E-state index contributed by atoms with van der Waals surface area (Å²) in [5.74, 6) is -1.93. The van der Waals surface area contributed by atoms with Gasteiger partial charge < -0.3 is 5.32 Å². The van der Waals surface area contributed by atoms with Gasteiger partial charge in [0.2, 0.25) is 0 Å². The highest BCUT2D eigenvalue weighted by Gasteiger charge is 2.42. The van der Waals surface area contributed by atoms with Crippen LogP contribution >= 0.6 is 15.9 Å². The van der Waals surface area contributed by atoms with Gasteiger partial charge >= 0.3 is 0 Å². The third kappa shape index (κ3) is 4.16. The van der Waals surface area contributed by atoms with E-state index in [0.717, 1.165) is 41.9 Å². The molecular weight excluding hydrogens is 364 g/mol. The Bertz CT molecular complexity index is 706. The molecule has 0 atom stereocenters. The minimum absolute atomic E-state index is 0.0157. The molecule has 0 saturated heterocycles. The van der Waals surface area contributed by atoms with E-state index in [1.807, 2.05) is 12.1 Å². The molecule has 5 heteroatoms. The molecule has 120 valence electrons. The summed E-state index contributed by atoms with van der Waals surface area (Å²) in [4.78, 5) is 12.1. The summed E-state index contributed by atoms with van der Waals surface area (Å²) < 4.78 is 27.4. The van der Waals surface area contributed by atoms with Crippen molar-refractivity contribution in [2.75, 3.05) is 6.54 Å². The molecular formula is C18H16BrF2NO. The van der Waals surface area contributed by atoms with Crippen molar-refractivity contribution in [2.45, 2.75) is 19.3 Å². The van der Waals surface area contributed by atoms with Gasteiger partial charge in [-0.3, -0.25) is 4.79 Å². The van der Waals surface area contributed by atoms with Crippen molar-refractivity contribution in [3.05, 3.63) is 69.7 Å². The van der Waals surface area contributed by atoms with Crippen LogP contribution in [0.25, 0.3) is 0 Å². The molecule has 23 heavy (non-hydrogen) atoms. The van der Waals surface area contributed by atoms with E-state index in [2.05, 4.69) is 33.4 Å². The number of nitrogens with one attached hydrogen (secondary N) is 1. The SMILES string of the molecule is O=C(NCC1(Cc2ccc(Br)cc2)CC1)c1cc(F)cc(F)c1. The largest absolute Gasteiger partial charge is 0.351 e. The zero-order chi connectivity index (χ0) is 16.4. The van der Waals surface area contributed by atoms with Crippen molar-refractivity contribution in [3.63, 3.8) is 0 Å². The van der Waals surface area contributed by atoms with Crippen molar-refractivity contribution < 1.29 is 13.6 Å². The number of halogens is 3. The molecule has 1 aliphatic rings. The first-order chi connectivity index (χ1) is 11.0. The Morgan fingerprint density at radius 3 is 2.26 bits per heavy atom. The zero-order valence-corrected chi connectivity index (χ0v) is 14.0. The fourth-order valence-electron chi connectivity index (χ4n) is 2.68. The topological polar surface area (TPSA) is 29.1 Å². The molecule has 2 nitrogen and oxygen atoms in total. The molecule has 0 spiro atoms. The van der Waals surface area contributed by atoms with E-state index < -0.39 is 17.5 Å². The average molecular weight is 380 g/mol. The molecule has 3 rings (SSSR count). The number of hydrogen-bond donors (Lipinski definition) is 1. The van der Waals surface area contributed by atoms with Crippen molar-refractivity contribution in [3.8, 4) is 0 Å². The van der Waals surface area contributed by atoms with Crippen molar-refractivity contribution in [1.29, 1.82) is 0 Å². The van der Waals surface area contributed by atoms with Crippen LogP contribution in [-0.4, -0.2) is 12.5 Å². The number of carbonyl (C=O) groups is 1. The van der Waals surface area contributed by atoms with Gasteiger partial charge in [-0.1, -0.05) is 28.1 Å². The second kappa shape index (κ2) is 6.40. The first-order valence-corrected chi connectivity index (χ1v) is 8.24. The number of amides is 1. The Morgan fingerprint density at radius 1 is 1.09 bits per heavy atom. The fraction of sp³-hybridized carbons (Fsp3) is 0.278. The molecule has 1 amide bonds. The molecule has 0 heterocycles. The molecule has 0 aliphatic heterocycles. The Balaban J connectivity index is 1.61. The number of rotatable bonds is 5. The molecule has 2 aromatic carbocycles. The monoisotopic (exact) mass is 379 g/mol. The highest BCUT2D eigenvalue weighted by Crippen LogP contribution is 2.47. The van der Waals surface area contributed by atoms with E-state index in [0.29, 0.717) is 6.54 Å². The third-order valence-corrected chi connectivity index (χ3v) is 4.73. The Morgan fingerprint density at radius 2 is 1.70 bits per heavy atom. The summed E-state index contributed by atoms with van der Waals surface area (Å²) in [7, 11) is 0. The summed E-state index contributed by atoms with van der Waals surface area (Å²) in [6.45, 7) is 0.514. The van der Waals surface area contributed by atoms with Crippen molar-refractivity contribution in [2.24, 2.45) is 5.41 Å². The lowest BCUT2D eigenvalue weighted by Gasteiger charge is -2.16. The van der Waals surface area contributed by atoms with E-state index in [4.69, 9.17) is 0 Å². The standard InChI is InChI=1S/C18H16BrF2NO/c19-14-3-1-12(2-4-14)10-18(5-6-18)11-22-17(23)13-7-15(20)9-16(21)8-13/h1-4,7-9H,5-6,10-11H2,(H,22,23). The smallest absolute Gasteiger partial charge is 0.251 e. The third-order valence-electron chi connectivity index (χ3n) is 4.20. The number of carbonyl (C=O) groups excluding carboxylic acids is 1. The molecule has 0 unspecified atom stereocenters. The zero-order valence-electron chi connectivity index (χ0n) is 12.4. The second-order valence-electron chi connectivity index (χ2n) is 6.14. The summed E-state index contributed by atoms with van der Waals surface area (Å²) in [6.07, 6.45) is 2.97. The van der Waals surface area contributed by atoms with E-state index >= 15 is 0 Å². The molecule has 1 aliphatic carbocycles. The van der Waals surface area contributed by atoms with Crippen LogP contribution in [0.5, 0.6) is 0 Å². The molecule has 1 N–H and O–H groups in total. The maximum absolute atomic E-state index is 13.2. The van der Waals surface area contributed by atoms with Gasteiger partial charge in [-0.25, -0.2) is 8.78 Å². The quantitative estimate of drug-likeness (QED) is 0.814. The van der Waals surface area contributed by atoms with Crippen LogP contribution in [0.3, 0.4) is 0 Å². The first kappa shape index (κ1) is 16.1. The van der Waals surface area contributed by atoms with Crippen LogP contribution in [-0.2, 0) is 6.42 Å². The lowest BCUT2D eigenvalue weighted by Crippen LogP contribution is -2.31. The summed E-state index contributed by atoms with van der Waals surface area (Å²) in [6, 6.07) is 11.0. The molecule has 0 bridgehead atoms. The predicted molar refractivity (Wildman–Crippen MR) is 88.2 cm³/mol. The fourth-order valence-corrected chi connectivity index (χ4v) is 2.95. The molecule has 1 saturated carbocycles. The van der Waals surface area contributed by atoms with Crippen LogP contribution in [0, 0.1) is 17.0 Å². The Hall–Kier alpha value is -1.75. The minimum Gasteiger partial charge on any atom is -0.351 e. The number of hydrogen-bond acceptors (Lipinski definition) is 1. The average Bonchev–Trinajstić information content (AvgIpc) is 3.26. The van der Waals surface area contributed by atoms with Gasteiger partial charge in [0.05, 0.1) is 0 Å². The van der Waals surface area contributed by atoms with Crippen molar-refractivity contribution >= 4 is 21.8 Å². The van der Waals surface area contributed by atoms with Gasteiger partial charge in [0.1, 0.15) is 11.6 Å². The van der Waals surface area contributed by atoms with Gasteiger partial charge in [-0.2, -0.15) is 0 Å². The normalized spacial score (nSPS) is 15.3. The van der Waals surface area contributed by atoms with Gasteiger partial charge in [-0.15, -0.1) is 0 Å². The maximum Gasteiger partial charge on any atom is 0.251 e. The van der Waals surface area contributed by atoms with Gasteiger partial charge in [0.15, 0.2) is 0 Å². The maximum atomic E-state index is 13.2. The summed E-state index contributed by atoms with van der Waals surface area (Å²) >= 11 is 3.41. The van der Waals surface area contributed by atoms with Crippen LogP contribution in [0.2, 0.25) is 0 Å². The Kier molecular flexibility index (Phi) is 4.48. The van der Waals surface area contributed by atoms with Crippen molar-refractivity contribution in [1.82, 2.24) is 5.32 Å². The van der Waals surface area contributed by atoms with Gasteiger partial charge in [0, 0.05) is 22.6 Å². The molecule has 0 radical (unpaired) electrons. The number of benzene rings is 2. The highest BCUT2D eigenvalue weighted by atomic mass is 79.9. The Labute approximate surface area is 142 Å². The first-order valence-electron chi connectivity index (χ1n) is 7.45.